The molecule has 1 aromatic heterocycles. The lowest BCUT2D eigenvalue weighted by Crippen LogP contribution is -1.94. The average molecular weight is 320 g/mol. The molecule has 0 radical (unpaired) electrons. The first-order valence-corrected chi connectivity index (χ1v) is 7.33. The number of nitrogens with zero attached hydrogens (tertiary/aromatic N) is 2. The molecule has 1 N–H and O–H groups in total. The summed E-state index contributed by atoms with van der Waals surface area (Å²) in [5.41, 5.74) is 2.64. The molecule has 0 spiro atoms. The molecule has 0 aliphatic heterocycles. The molecule has 0 unspecified atom stereocenters. The standard InChI is InChI=1S/C13H10BrN3S/c14-9-3-1-4-10(8(9)7-15)16-13-17-11-5-2-6-12(11)18-13/h1,3-4H,2,5-6H2,(H,16,17). The third kappa shape index (κ3) is 2.02. The Morgan fingerprint density at radius 1 is 1.39 bits per heavy atom. The Morgan fingerprint density at radius 3 is 3.06 bits per heavy atom. The monoisotopic (exact) mass is 319 g/mol. The predicted octanol–water partition coefficient (Wildman–Crippen LogP) is 4.01. The van der Waals surface area contributed by atoms with Crippen molar-refractivity contribution in [2.24, 2.45) is 0 Å². The molecular weight excluding hydrogens is 310 g/mol. The largest absolute Gasteiger partial charge is 0.330 e. The first-order valence-electron chi connectivity index (χ1n) is 5.72. The molecule has 90 valence electrons. The van der Waals surface area contributed by atoms with E-state index in [2.05, 4.69) is 32.3 Å². The smallest absolute Gasteiger partial charge is 0.187 e. The molecule has 5 heteroatoms. The van der Waals surface area contributed by atoms with Gasteiger partial charge in [0.25, 0.3) is 0 Å². The zero-order valence-corrected chi connectivity index (χ0v) is 11.9. The second-order valence-electron chi connectivity index (χ2n) is 4.14. The van der Waals surface area contributed by atoms with E-state index in [4.69, 9.17) is 5.26 Å². The van der Waals surface area contributed by atoms with Crippen LogP contribution in [0.4, 0.5) is 10.8 Å². The van der Waals surface area contributed by atoms with Crippen molar-refractivity contribution in [3.63, 3.8) is 0 Å². The van der Waals surface area contributed by atoms with Gasteiger partial charge in [0.05, 0.1) is 16.9 Å². The summed E-state index contributed by atoms with van der Waals surface area (Å²) in [4.78, 5) is 5.95. The topological polar surface area (TPSA) is 48.7 Å². The van der Waals surface area contributed by atoms with Gasteiger partial charge in [0.1, 0.15) is 6.07 Å². The van der Waals surface area contributed by atoms with Gasteiger partial charge in [-0.2, -0.15) is 5.26 Å². The summed E-state index contributed by atoms with van der Waals surface area (Å²) in [7, 11) is 0. The molecule has 1 aliphatic carbocycles. The SMILES string of the molecule is N#Cc1c(Br)cccc1Nc1nc2c(s1)CCC2. The fourth-order valence-electron chi connectivity index (χ4n) is 2.10. The van der Waals surface area contributed by atoms with Crippen LogP contribution < -0.4 is 5.32 Å². The number of aromatic nitrogens is 1. The number of nitrogens with one attached hydrogen (secondary N) is 1. The molecule has 0 amide bonds. The molecule has 0 atom stereocenters. The van der Waals surface area contributed by atoms with Gasteiger partial charge in [-0.25, -0.2) is 4.98 Å². The Morgan fingerprint density at radius 2 is 2.28 bits per heavy atom. The number of hydrogen-bond acceptors (Lipinski definition) is 4. The molecule has 1 aliphatic rings. The van der Waals surface area contributed by atoms with Crippen LogP contribution in [0.2, 0.25) is 0 Å². The molecule has 0 fully saturated rings. The highest BCUT2D eigenvalue weighted by molar-refractivity contribution is 9.10. The number of fused-ring (bicyclic) bond motifs is 1. The van der Waals surface area contributed by atoms with Crippen molar-refractivity contribution in [2.75, 3.05) is 5.32 Å². The van der Waals surface area contributed by atoms with E-state index in [9.17, 15) is 0 Å². The summed E-state index contributed by atoms with van der Waals surface area (Å²) in [6.07, 6.45) is 3.43. The second kappa shape index (κ2) is 4.71. The summed E-state index contributed by atoms with van der Waals surface area (Å²) in [5.74, 6) is 0. The fourth-order valence-corrected chi connectivity index (χ4v) is 3.62. The minimum atomic E-state index is 0.618. The van der Waals surface area contributed by atoms with Crippen LogP contribution >= 0.6 is 27.3 Å². The van der Waals surface area contributed by atoms with Gasteiger partial charge in [0, 0.05) is 9.35 Å². The molecule has 18 heavy (non-hydrogen) atoms. The lowest BCUT2D eigenvalue weighted by Gasteiger charge is -2.06. The Balaban J connectivity index is 1.93. The number of thiazole rings is 1. The van der Waals surface area contributed by atoms with E-state index in [0.717, 1.165) is 28.1 Å². The summed E-state index contributed by atoms with van der Waals surface area (Å²) < 4.78 is 0.805. The van der Waals surface area contributed by atoms with Gasteiger partial charge in [-0.05, 0) is 47.3 Å². The van der Waals surface area contributed by atoms with E-state index >= 15 is 0 Å². The third-order valence-corrected chi connectivity index (χ3v) is 4.70. The van der Waals surface area contributed by atoms with Crippen LogP contribution in [0.1, 0.15) is 22.6 Å². The van der Waals surface area contributed by atoms with Crippen LogP contribution in [0.25, 0.3) is 0 Å². The van der Waals surface area contributed by atoms with E-state index in [-0.39, 0.29) is 0 Å². The molecule has 0 saturated carbocycles. The fraction of sp³-hybridized carbons (Fsp3) is 0.231. The second-order valence-corrected chi connectivity index (χ2v) is 6.08. The maximum absolute atomic E-state index is 9.16. The van der Waals surface area contributed by atoms with Crippen molar-refractivity contribution in [1.82, 2.24) is 4.98 Å². The lowest BCUT2D eigenvalue weighted by atomic mass is 10.2. The summed E-state index contributed by atoms with van der Waals surface area (Å²) in [6.45, 7) is 0. The van der Waals surface area contributed by atoms with E-state index in [0.29, 0.717) is 5.56 Å². The zero-order valence-electron chi connectivity index (χ0n) is 9.53. The van der Waals surface area contributed by atoms with Crippen molar-refractivity contribution in [1.29, 1.82) is 5.26 Å². The lowest BCUT2D eigenvalue weighted by molar-refractivity contribution is 0.900. The molecule has 3 rings (SSSR count). The number of aryl methyl sites for hydroxylation is 2. The predicted molar refractivity (Wildman–Crippen MR) is 76.3 cm³/mol. The Labute approximate surface area is 118 Å². The van der Waals surface area contributed by atoms with Crippen LogP contribution in [0, 0.1) is 11.3 Å². The van der Waals surface area contributed by atoms with Crippen molar-refractivity contribution in [3.8, 4) is 6.07 Å². The highest BCUT2D eigenvalue weighted by atomic mass is 79.9. The van der Waals surface area contributed by atoms with E-state index in [1.165, 1.54) is 17.0 Å². The Hall–Kier alpha value is -1.38. The minimum Gasteiger partial charge on any atom is -0.330 e. The van der Waals surface area contributed by atoms with Gasteiger partial charge in [-0.3, -0.25) is 0 Å². The number of nitriles is 1. The van der Waals surface area contributed by atoms with E-state index < -0.39 is 0 Å². The summed E-state index contributed by atoms with van der Waals surface area (Å²) in [5, 5.41) is 13.3. The molecule has 1 aromatic carbocycles. The van der Waals surface area contributed by atoms with Crippen LogP contribution in [-0.2, 0) is 12.8 Å². The normalized spacial score (nSPS) is 13.1. The first kappa shape index (κ1) is 11.7. The van der Waals surface area contributed by atoms with Crippen molar-refractivity contribution >= 4 is 38.1 Å². The van der Waals surface area contributed by atoms with Gasteiger partial charge in [-0.1, -0.05) is 6.07 Å². The molecule has 0 saturated heterocycles. The first-order chi connectivity index (χ1) is 8.78. The molecule has 3 nitrogen and oxygen atoms in total. The highest BCUT2D eigenvalue weighted by Crippen LogP contribution is 2.33. The molecule has 2 aromatic rings. The quantitative estimate of drug-likeness (QED) is 0.909. The number of halogens is 1. The van der Waals surface area contributed by atoms with Crippen molar-refractivity contribution in [3.05, 3.63) is 38.8 Å². The van der Waals surface area contributed by atoms with E-state index in [1.54, 1.807) is 11.3 Å². The summed E-state index contributed by atoms with van der Waals surface area (Å²) >= 11 is 5.08. The van der Waals surface area contributed by atoms with Gasteiger partial charge < -0.3 is 5.32 Å². The molecule has 0 bridgehead atoms. The van der Waals surface area contributed by atoms with Crippen molar-refractivity contribution in [2.45, 2.75) is 19.3 Å². The van der Waals surface area contributed by atoms with Gasteiger partial charge in [0.15, 0.2) is 5.13 Å². The Kier molecular flexibility index (Phi) is 3.06. The maximum atomic E-state index is 9.16. The molecule has 1 heterocycles. The Bertz CT molecular complexity index is 621. The van der Waals surface area contributed by atoms with Crippen LogP contribution in [0.5, 0.6) is 0 Å². The van der Waals surface area contributed by atoms with Gasteiger partial charge >= 0.3 is 0 Å². The summed E-state index contributed by atoms with van der Waals surface area (Å²) in [6, 6.07) is 7.88. The average Bonchev–Trinajstić information content (AvgIpc) is 2.90. The van der Waals surface area contributed by atoms with Crippen LogP contribution in [-0.4, -0.2) is 4.98 Å². The van der Waals surface area contributed by atoms with Gasteiger partial charge in [0.2, 0.25) is 0 Å². The maximum Gasteiger partial charge on any atom is 0.187 e. The number of rotatable bonds is 2. The highest BCUT2D eigenvalue weighted by Gasteiger charge is 2.17. The third-order valence-electron chi connectivity index (χ3n) is 2.96. The van der Waals surface area contributed by atoms with Gasteiger partial charge in [-0.15, -0.1) is 11.3 Å². The zero-order chi connectivity index (χ0) is 12.5. The number of anilines is 2. The molecular formula is C13H10BrN3S. The van der Waals surface area contributed by atoms with E-state index in [1.807, 2.05) is 18.2 Å². The van der Waals surface area contributed by atoms with Crippen molar-refractivity contribution < 1.29 is 0 Å². The minimum absolute atomic E-state index is 0.618. The van der Waals surface area contributed by atoms with Crippen LogP contribution in [0.3, 0.4) is 0 Å². The number of benzene rings is 1. The van der Waals surface area contributed by atoms with Crippen LogP contribution in [0.15, 0.2) is 22.7 Å². The number of hydrogen-bond donors (Lipinski definition) is 1.